The van der Waals surface area contributed by atoms with Gasteiger partial charge in [0.15, 0.2) is 0 Å². The van der Waals surface area contributed by atoms with Crippen molar-refractivity contribution < 1.29 is 17.9 Å². The highest BCUT2D eigenvalue weighted by Gasteiger charge is 2.33. The second-order valence-corrected chi connectivity index (χ2v) is 7.31. The molecule has 0 radical (unpaired) electrons. The second kappa shape index (κ2) is 6.84. The number of carbonyl (C=O) groups is 1. The lowest BCUT2D eigenvalue weighted by Gasteiger charge is -2.35. The number of piperazine rings is 1. The average molecular weight is 307 g/mol. The molecule has 8 heteroatoms. The summed E-state index contributed by atoms with van der Waals surface area (Å²) in [6.07, 6.45) is 1.85. The topological polar surface area (TPSA) is 79.0 Å². The first kappa shape index (κ1) is 17.4. The summed E-state index contributed by atoms with van der Waals surface area (Å²) in [6, 6.07) is 0. The van der Waals surface area contributed by atoms with Gasteiger partial charge in [0.25, 0.3) is 0 Å². The second-order valence-electron chi connectivity index (χ2n) is 5.33. The van der Waals surface area contributed by atoms with E-state index in [4.69, 9.17) is 4.74 Å². The van der Waals surface area contributed by atoms with E-state index in [2.05, 4.69) is 10.2 Å². The number of carbonyl (C=O) groups excluding carboxylic acids is 1. The Kier molecular flexibility index (Phi) is 5.93. The quantitative estimate of drug-likeness (QED) is 0.641. The Bertz CT molecular complexity index is 432. The van der Waals surface area contributed by atoms with Crippen molar-refractivity contribution >= 4 is 16.0 Å². The van der Waals surface area contributed by atoms with Gasteiger partial charge in [0, 0.05) is 32.7 Å². The molecular formula is C12H25N3O4S. The molecule has 1 saturated heterocycles. The summed E-state index contributed by atoms with van der Waals surface area (Å²) in [5.41, 5.74) is -0.706. The van der Waals surface area contributed by atoms with Gasteiger partial charge in [0.05, 0.1) is 13.4 Å². The minimum Gasteiger partial charge on any atom is -0.468 e. The molecule has 0 aliphatic carbocycles. The van der Waals surface area contributed by atoms with Crippen LogP contribution in [0.25, 0.3) is 0 Å². The molecule has 1 unspecified atom stereocenters. The smallest absolute Gasteiger partial charge is 0.325 e. The highest BCUT2D eigenvalue weighted by molar-refractivity contribution is 7.88. The molecule has 0 spiro atoms. The van der Waals surface area contributed by atoms with E-state index in [1.807, 2.05) is 6.92 Å². The molecule has 118 valence electrons. The molecule has 0 bridgehead atoms. The van der Waals surface area contributed by atoms with Crippen LogP contribution in [0.3, 0.4) is 0 Å². The molecule has 1 aliphatic heterocycles. The van der Waals surface area contributed by atoms with Crippen molar-refractivity contribution in [2.75, 3.05) is 53.1 Å². The molecule has 1 aliphatic rings. The number of ether oxygens (including phenoxy) is 1. The van der Waals surface area contributed by atoms with Crippen LogP contribution < -0.4 is 5.32 Å². The maximum atomic E-state index is 11.7. The average Bonchev–Trinajstić information content (AvgIpc) is 2.43. The van der Waals surface area contributed by atoms with Gasteiger partial charge < -0.3 is 15.0 Å². The molecule has 7 nitrogen and oxygen atoms in total. The van der Waals surface area contributed by atoms with Crippen LogP contribution >= 0.6 is 0 Å². The number of methoxy groups -OCH3 is 1. The van der Waals surface area contributed by atoms with Crippen molar-refractivity contribution in [2.24, 2.45) is 0 Å². The summed E-state index contributed by atoms with van der Waals surface area (Å²) < 4.78 is 29.1. The van der Waals surface area contributed by atoms with Gasteiger partial charge in [-0.25, -0.2) is 8.42 Å². The number of rotatable bonds is 6. The molecule has 0 aromatic carbocycles. The summed E-state index contributed by atoms with van der Waals surface area (Å²) >= 11 is 0. The number of likely N-dealkylation sites (N-methyl/N-ethyl adjacent to an activating group) is 1. The van der Waals surface area contributed by atoms with Crippen molar-refractivity contribution in [3.63, 3.8) is 0 Å². The first-order chi connectivity index (χ1) is 9.23. The Balaban J connectivity index is 2.47. The molecule has 0 aromatic rings. The van der Waals surface area contributed by atoms with E-state index >= 15 is 0 Å². The van der Waals surface area contributed by atoms with E-state index in [0.717, 1.165) is 6.54 Å². The molecule has 1 fully saturated rings. The number of nitrogens with zero attached hydrogens (tertiary/aromatic N) is 2. The number of nitrogens with one attached hydrogen (secondary N) is 1. The molecular weight excluding hydrogens is 282 g/mol. The Morgan fingerprint density at radius 2 is 1.85 bits per heavy atom. The summed E-state index contributed by atoms with van der Waals surface area (Å²) in [5, 5.41) is 2.99. The molecule has 1 N–H and O–H groups in total. The summed E-state index contributed by atoms with van der Waals surface area (Å²) in [4.78, 5) is 13.9. The molecule has 1 atom stereocenters. The number of hydrogen-bond donors (Lipinski definition) is 1. The predicted octanol–water partition coefficient (Wildman–Crippen LogP) is -0.895. The zero-order valence-electron chi connectivity index (χ0n) is 12.7. The third kappa shape index (κ3) is 4.41. The Hall–Kier alpha value is -0.700. The summed E-state index contributed by atoms with van der Waals surface area (Å²) in [6.45, 7) is 4.93. The van der Waals surface area contributed by atoms with Crippen LogP contribution in [0.1, 0.15) is 13.3 Å². The minimum atomic E-state index is -3.09. The van der Waals surface area contributed by atoms with Crippen LogP contribution in [0.4, 0.5) is 0 Å². The van der Waals surface area contributed by atoms with Crippen molar-refractivity contribution in [3.8, 4) is 0 Å². The van der Waals surface area contributed by atoms with Crippen LogP contribution in [-0.2, 0) is 19.6 Å². The van der Waals surface area contributed by atoms with Crippen molar-refractivity contribution in [1.82, 2.24) is 14.5 Å². The normalized spacial score (nSPS) is 21.4. The predicted molar refractivity (Wildman–Crippen MR) is 77.0 cm³/mol. The maximum Gasteiger partial charge on any atom is 0.325 e. The maximum absolute atomic E-state index is 11.7. The summed E-state index contributed by atoms with van der Waals surface area (Å²) in [5.74, 6) is -0.283. The van der Waals surface area contributed by atoms with Gasteiger partial charge in [0.2, 0.25) is 10.0 Å². The Labute approximate surface area is 121 Å². The first-order valence-electron chi connectivity index (χ1n) is 6.68. The third-order valence-corrected chi connectivity index (χ3v) is 5.22. The molecule has 1 rings (SSSR count). The van der Waals surface area contributed by atoms with Gasteiger partial charge >= 0.3 is 5.97 Å². The molecule has 1 heterocycles. The van der Waals surface area contributed by atoms with E-state index in [1.54, 1.807) is 7.05 Å². The Morgan fingerprint density at radius 3 is 2.25 bits per heavy atom. The minimum absolute atomic E-state index is 0.283. The molecule has 20 heavy (non-hydrogen) atoms. The fourth-order valence-corrected chi connectivity index (χ4v) is 3.05. The fourth-order valence-electron chi connectivity index (χ4n) is 2.22. The first-order valence-corrected chi connectivity index (χ1v) is 8.52. The molecule has 0 aromatic heterocycles. The highest BCUT2D eigenvalue weighted by atomic mass is 32.2. The largest absolute Gasteiger partial charge is 0.468 e. The van der Waals surface area contributed by atoms with Crippen molar-refractivity contribution in [1.29, 1.82) is 0 Å². The van der Waals surface area contributed by atoms with Crippen molar-refractivity contribution in [2.45, 2.75) is 18.9 Å². The van der Waals surface area contributed by atoms with Gasteiger partial charge in [-0.15, -0.1) is 0 Å². The van der Waals surface area contributed by atoms with E-state index < -0.39 is 15.6 Å². The lowest BCUT2D eigenvalue weighted by atomic mass is 9.98. The van der Waals surface area contributed by atoms with Crippen LogP contribution in [0.2, 0.25) is 0 Å². The lowest BCUT2D eigenvalue weighted by Crippen LogP contribution is -2.53. The van der Waals surface area contributed by atoms with Gasteiger partial charge in [-0.3, -0.25) is 4.79 Å². The van der Waals surface area contributed by atoms with Gasteiger partial charge in [0.1, 0.15) is 5.54 Å². The van der Waals surface area contributed by atoms with Crippen LogP contribution in [-0.4, -0.2) is 82.3 Å². The van der Waals surface area contributed by atoms with E-state index in [-0.39, 0.29) is 5.97 Å². The van der Waals surface area contributed by atoms with E-state index in [9.17, 15) is 13.2 Å². The van der Waals surface area contributed by atoms with E-state index in [0.29, 0.717) is 32.6 Å². The number of esters is 1. The molecule has 0 amide bonds. The van der Waals surface area contributed by atoms with E-state index in [1.165, 1.54) is 17.7 Å². The van der Waals surface area contributed by atoms with Gasteiger partial charge in [-0.1, -0.05) is 0 Å². The Morgan fingerprint density at radius 1 is 1.30 bits per heavy atom. The SMILES string of the molecule is CNC(C)(CCN1CCN(S(C)(=O)=O)CC1)C(=O)OC. The van der Waals surface area contributed by atoms with Gasteiger partial charge in [-0.2, -0.15) is 4.31 Å². The third-order valence-electron chi connectivity index (χ3n) is 3.92. The number of sulfonamides is 1. The monoisotopic (exact) mass is 307 g/mol. The van der Waals surface area contributed by atoms with Crippen LogP contribution in [0.5, 0.6) is 0 Å². The lowest BCUT2D eigenvalue weighted by molar-refractivity contribution is -0.148. The van der Waals surface area contributed by atoms with Crippen LogP contribution in [0.15, 0.2) is 0 Å². The van der Waals surface area contributed by atoms with Crippen molar-refractivity contribution in [3.05, 3.63) is 0 Å². The summed E-state index contributed by atoms with van der Waals surface area (Å²) in [7, 11) is 0.0179. The number of hydrogen-bond acceptors (Lipinski definition) is 6. The highest BCUT2D eigenvalue weighted by Crippen LogP contribution is 2.14. The fraction of sp³-hybridized carbons (Fsp3) is 0.917. The standard InChI is InChI=1S/C12H25N3O4S/c1-12(13-2,11(16)19-3)5-6-14-7-9-15(10-8-14)20(4,17)18/h13H,5-10H2,1-4H3. The zero-order valence-corrected chi connectivity index (χ0v) is 13.5. The molecule has 0 saturated carbocycles. The zero-order chi connectivity index (χ0) is 15.4. The van der Waals surface area contributed by atoms with Crippen LogP contribution in [0, 0.1) is 0 Å². The van der Waals surface area contributed by atoms with Gasteiger partial charge in [-0.05, 0) is 20.4 Å².